The molecule has 3 nitrogen and oxygen atoms in total. The quantitative estimate of drug-likeness (QED) is 0.250. The third-order valence-electron chi connectivity index (χ3n) is 8.03. The molecule has 0 saturated heterocycles. The van der Waals surface area contributed by atoms with Crippen LogP contribution in [-0.4, -0.2) is 11.7 Å². The Morgan fingerprint density at radius 2 is 0.944 bits per heavy atom. The molecule has 8 rings (SSSR count). The summed E-state index contributed by atoms with van der Waals surface area (Å²) in [5.41, 5.74) is 11.0. The van der Waals surface area contributed by atoms with Gasteiger partial charge in [-0.3, -0.25) is 14.5 Å². The topological polar surface area (TPSA) is 37.4 Å². The van der Waals surface area contributed by atoms with Crippen molar-refractivity contribution < 1.29 is 9.59 Å². The highest BCUT2D eigenvalue weighted by Crippen LogP contribution is 2.63. The zero-order valence-corrected chi connectivity index (χ0v) is 19.2. The first-order valence-electron chi connectivity index (χ1n) is 12.1. The van der Waals surface area contributed by atoms with Crippen molar-refractivity contribution in [3.8, 4) is 22.3 Å². The number of carbonyl (C=O) groups excluding carboxylic acids is 2. The standard InChI is InChI=1S/C33H19NO2/c35-31-25-12-4-8-16-30(25)34(32(31)36)20-17-18-24-23-11-3-7-15-28(23)33(29(24)19-20)26-13-5-1-9-21(26)22-10-2-6-14-27(22)33/h1-19H. The fourth-order valence-electron chi connectivity index (χ4n) is 6.67. The zero-order chi connectivity index (χ0) is 24.0. The minimum absolute atomic E-state index is 0.456. The number of anilines is 2. The summed E-state index contributed by atoms with van der Waals surface area (Å²) in [5.74, 6) is -0.964. The van der Waals surface area contributed by atoms with Crippen LogP contribution in [0.5, 0.6) is 0 Å². The van der Waals surface area contributed by atoms with Crippen LogP contribution in [0.1, 0.15) is 32.6 Å². The molecule has 1 amide bonds. The van der Waals surface area contributed by atoms with Crippen LogP contribution in [0.2, 0.25) is 0 Å². The predicted octanol–water partition coefficient (Wildman–Crippen LogP) is 6.89. The minimum atomic E-state index is -0.507. The molecule has 0 aromatic heterocycles. The highest BCUT2D eigenvalue weighted by molar-refractivity contribution is 6.53. The lowest BCUT2D eigenvalue weighted by molar-refractivity contribution is -0.113. The van der Waals surface area contributed by atoms with E-state index in [1.807, 2.05) is 18.2 Å². The van der Waals surface area contributed by atoms with Crippen LogP contribution in [0.3, 0.4) is 0 Å². The Bertz CT molecular complexity index is 1730. The maximum Gasteiger partial charge on any atom is 0.304 e. The van der Waals surface area contributed by atoms with Crippen LogP contribution in [-0.2, 0) is 10.2 Å². The number of Topliss-reactive ketones (excluding diaryl/α,β-unsaturated/α-hetero) is 1. The molecule has 168 valence electrons. The number of carbonyl (C=O) groups is 2. The van der Waals surface area contributed by atoms with E-state index in [9.17, 15) is 9.59 Å². The van der Waals surface area contributed by atoms with E-state index >= 15 is 0 Å². The molecule has 0 fully saturated rings. The van der Waals surface area contributed by atoms with Gasteiger partial charge >= 0.3 is 5.91 Å². The van der Waals surface area contributed by atoms with Gasteiger partial charge in [-0.15, -0.1) is 0 Å². The van der Waals surface area contributed by atoms with Gasteiger partial charge < -0.3 is 0 Å². The Hall–Kier alpha value is -4.76. The highest BCUT2D eigenvalue weighted by Gasteiger charge is 2.51. The first-order valence-corrected chi connectivity index (χ1v) is 12.1. The van der Waals surface area contributed by atoms with E-state index in [0.29, 0.717) is 16.9 Å². The molecule has 5 aromatic rings. The van der Waals surface area contributed by atoms with Crippen LogP contribution < -0.4 is 4.90 Å². The lowest BCUT2D eigenvalue weighted by atomic mass is 9.70. The Kier molecular flexibility index (Phi) is 3.62. The Morgan fingerprint density at radius 3 is 1.53 bits per heavy atom. The summed E-state index contributed by atoms with van der Waals surface area (Å²) in [6, 6.07) is 39.3. The van der Waals surface area contributed by atoms with E-state index in [4.69, 9.17) is 0 Å². The SMILES string of the molecule is O=C1C(=O)N(c2ccc3c(c2)C2(c4ccccc4-c4ccccc42)c2ccccc2-3)c2ccccc21. The number of rotatable bonds is 1. The molecule has 1 aliphatic heterocycles. The molecule has 36 heavy (non-hydrogen) atoms. The third kappa shape index (κ3) is 2.15. The second kappa shape index (κ2) is 6.67. The largest absolute Gasteiger partial charge is 0.304 e. The Labute approximate surface area is 208 Å². The molecule has 0 N–H and O–H groups in total. The Balaban J connectivity index is 1.47. The molecular weight excluding hydrogens is 442 g/mol. The molecule has 0 radical (unpaired) electrons. The zero-order valence-electron chi connectivity index (χ0n) is 19.2. The van der Waals surface area contributed by atoms with Gasteiger partial charge in [0, 0.05) is 5.69 Å². The summed E-state index contributed by atoms with van der Waals surface area (Å²) >= 11 is 0. The number of benzene rings is 5. The van der Waals surface area contributed by atoms with Crippen molar-refractivity contribution in [3.63, 3.8) is 0 Å². The van der Waals surface area contributed by atoms with Gasteiger partial charge in [0.25, 0.3) is 5.78 Å². The second-order valence-corrected chi connectivity index (χ2v) is 9.60. The number of para-hydroxylation sites is 1. The fourth-order valence-corrected chi connectivity index (χ4v) is 6.67. The van der Waals surface area contributed by atoms with Crippen LogP contribution in [0.4, 0.5) is 11.4 Å². The molecule has 1 spiro atoms. The van der Waals surface area contributed by atoms with Gasteiger partial charge in [0.05, 0.1) is 16.7 Å². The maximum atomic E-state index is 13.2. The average molecular weight is 462 g/mol. The molecule has 3 aliphatic rings. The van der Waals surface area contributed by atoms with Gasteiger partial charge in [0.2, 0.25) is 0 Å². The monoisotopic (exact) mass is 461 g/mol. The number of hydrogen-bond donors (Lipinski definition) is 0. The molecule has 1 heterocycles. The molecule has 0 saturated carbocycles. The summed E-state index contributed by atoms with van der Waals surface area (Å²) in [4.78, 5) is 27.5. The van der Waals surface area contributed by atoms with E-state index in [1.165, 1.54) is 33.4 Å². The van der Waals surface area contributed by atoms with E-state index in [0.717, 1.165) is 11.1 Å². The molecule has 5 aromatic carbocycles. The average Bonchev–Trinajstić information content (AvgIpc) is 3.50. The third-order valence-corrected chi connectivity index (χ3v) is 8.03. The lowest BCUT2D eigenvalue weighted by Crippen LogP contribution is -2.27. The number of fused-ring (bicyclic) bond motifs is 11. The summed E-state index contributed by atoms with van der Waals surface area (Å²) < 4.78 is 0. The van der Waals surface area contributed by atoms with Crippen molar-refractivity contribution in [2.24, 2.45) is 0 Å². The summed E-state index contributed by atoms with van der Waals surface area (Å²) in [5, 5.41) is 0. The molecule has 0 atom stereocenters. The van der Waals surface area contributed by atoms with Crippen molar-refractivity contribution in [3.05, 3.63) is 143 Å². The maximum absolute atomic E-state index is 13.2. The molecule has 3 heteroatoms. The van der Waals surface area contributed by atoms with E-state index in [2.05, 4.69) is 84.9 Å². The van der Waals surface area contributed by atoms with Gasteiger partial charge in [-0.1, -0.05) is 91.0 Å². The number of hydrogen-bond acceptors (Lipinski definition) is 2. The molecule has 0 bridgehead atoms. The number of ketones is 1. The Morgan fingerprint density at radius 1 is 0.472 bits per heavy atom. The van der Waals surface area contributed by atoms with Gasteiger partial charge in [-0.2, -0.15) is 0 Å². The summed E-state index contributed by atoms with van der Waals surface area (Å²) in [7, 11) is 0. The fraction of sp³-hybridized carbons (Fsp3) is 0.0303. The highest BCUT2D eigenvalue weighted by atomic mass is 16.2. The van der Waals surface area contributed by atoms with E-state index in [1.54, 1.807) is 17.0 Å². The van der Waals surface area contributed by atoms with Crippen LogP contribution in [0.25, 0.3) is 22.3 Å². The van der Waals surface area contributed by atoms with Crippen molar-refractivity contribution in [1.29, 1.82) is 0 Å². The first kappa shape index (κ1) is 19.5. The lowest BCUT2D eigenvalue weighted by Gasteiger charge is -2.31. The van der Waals surface area contributed by atoms with Crippen LogP contribution in [0, 0.1) is 0 Å². The number of nitrogens with zero attached hydrogens (tertiary/aromatic N) is 1. The van der Waals surface area contributed by atoms with Crippen molar-refractivity contribution in [2.75, 3.05) is 4.90 Å². The number of amides is 1. The molecule has 0 unspecified atom stereocenters. The normalized spacial score (nSPS) is 15.5. The smallest absolute Gasteiger partial charge is 0.283 e. The molecule has 2 aliphatic carbocycles. The van der Waals surface area contributed by atoms with Crippen LogP contribution in [0.15, 0.2) is 115 Å². The van der Waals surface area contributed by atoms with E-state index < -0.39 is 17.1 Å². The van der Waals surface area contributed by atoms with Gasteiger partial charge in [-0.05, 0) is 68.8 Å². The van der Waals surface area contributed by atoms with E-state index in [-0.39, 0.29) is 0 Å². The van der Waals surface area contributed by atoms with Gasteiger partial charge in [0.1, 0.15) is 0 Å². The van der Waals surface area contributed by atoms with Crippen LogP contribution >= 0.6 is 0 Å². The molecular formula is C33H19NO2. The van der Waals surface area contributed by atoms with Crippen molar-refractivity contribution in [1.82, 2.24) is 0 Å². The first-order chi connectivity index (χ1) is 17.7. The predicted molar refractivity (Wildman–Crippen MR) is 141 cm³/mol. The van der Waals surface area contributed by atoms with Crippen molar-refractivity contribution >= 4 is 23.1 Å². The van der Waals surface area contributed by atoms with Crippen molar-refractivity contribution in [2.45, 2.75) is 5.41 Å². The van der Waals surface area contributed by atoms with Gasteiger partial charge in [0.15, 0.2) is 0 Å². The second-order valence-electron chi connectivity index (χ2n) is 9.60. The minimum Gasteiger partial charge on any atom is -0.283 e. The van der Waals surface area contributed by atoms with Gasteiger partial charge in [-0.25, -0.2) is 0 Å². The summed E-state index contributed by atoms with van der Waals surface area (Å²) in [6.07, 6.45) is 0. The summed E-state index contributed by atoms with van der Waals surface area (Å²) in [6.45, 7) is 0.